The number of fused-ring (bicyclic) bond motifs is 20. The van der Waals surface area contributed by atoms with Crippen molar-refractivity contribution in [2.24, 2.45) is 47.3 Å². The maximum atomic E-state index is 12.4. The second-order valence-corrected chi connectivity index (χ2v) is 16.0. The molecule has 9 aliphatic rings. The zero-order valence-corrected chi connectivity index (χ0v) is 26.9. The minimum absolute atomic E-state index is 0. The SMILES string of the molecule is O=[N+]([O-])C1CCCC2C3NC4NC(NC5NC(NC6NC(NC(N3)C21)C1CCCCC61)C1CCCCC51)C1CCCCC41.[Cu+2]. The Morgan fingerprint density at radius 1 is 0.386 bits per heavy atom. The first kappa shape index (κ1) is 30.9. The first-order valence-corrected chi connectivity index (χ1v) is 18.3. The topological polar surface area (TPSA) is 139 Å². The van der Waals surface area contributed by atoms with Crippen LogP contribution in [0.15, 0.2) is 0 Å². The molecule has 5 aliphatic heterocycles. The number of hydrogen-bond donors (Lipinski definition) is 8. The van der Waals surface area contributed by atoms with Crippen LogP contribution in [0.3, 0.4) is 0 Å². The zero-order valence-electron chi connectivity index (χ0n) is 26.0. The van der Waals surface area contributed by atoms with Crippen LogP contribution in [0, 0.1) is 57.5 Å². The number of hydrogen-bond acceptors (Lipinski definition) is 10. The summed E-state index contributed by atoms with van der Waals surface area (Å²) in [5.41, 5.74) is 0. The molecular formula is C32H55CuN9O2+2. The fourth-order valence-corrected chi connectivity index (χ4v) is 12.3. The van der Waals surface area contributed by atoms with Crippen molar-refractivity contribution >= 4 is 0 Å². The quantitative estimate of drug-likeness (QED) is 0.120. The number of nitrogens with one attached hydrogen (secondary N) is 8. The summed E-state index contributed by atoms with van der Waals surface area (Å²) >= 11 is 0. The summed E-state index contributed by atoms with van der Waals surface area (Å²) in [6, 6.07) is -0.480. The monoisotopic (exact) mass is 660 g/mol. The predicted molar refractivity (Wildman–Crippen MR) is 163 cm³/mol. The van der Waals surface area contributed by atoms with Crippen LogP contribution >= 0.6 is 0 Å². The molecule has 9 rings (SSSR count). The van der Waals surface area contributed by atoms with Gasteiger partial charge in [0.1, 0.15) is 0 Å². The summed E-state index contributed by atoms with van der Waals surface area (Å²) in [5.74, 6) is 4.00. The first-order valence-electron chi connectivity index (χ1n) is 18.3. The molecule has 0 aromatic heterocycles. The Morgan fingerprint density at radius 3 is 0.977 bits per heavy atom. The fourth-order valence-electron chi connectivity index (χ4n) is 12.3. The Balaban J connectivity index is 0.00000289. The smallest absolute Gasteiger partial charge is 0.286 e. The Labute approximate surface area is 273 Å². The van der Waals surface area contributed by atoms with Crippen molar-refractivity contribution in [3.8, 4) is 0 Å². The van der Waals surface area contributed by atoms with E-state index in [1.807, 2.05) is 0 Å². The second-order valence-electron chi connectivity index (χ2n) is 16.0. The van der Waals surface area contributed by atoms with E-state index in [1.165, 1.54) is 77.0 Å². The van der Waals surface area contributed by atoms with E-state index in [0.717, 1.165) is 12.8 Å². The molecule has 249 valence electrons. The van der Waals surface area contributed by atoms with Gasteiger partial charge in [0.15, 0.2) is 0 Å². The van der Waals surface area contributed by atoms with E-state index < -0.39 is 6.04 Å². The molecule has 17 unspecified atom stereocenters. The fraction of sp³-hybridized carbons (Fsp3) is 1.00. The molecule has 11 nitrogen and oxygen atoms in total. The van der Waals surface area contributed by atoms with Crippen LogP contribution in [-0.4, -0.2) is 60.3 Å². The summed E-state index contributed by atoms with van der Waals surface area (Å²) in [6.45, 7) is 0. The minimum Gasteiger partial charge on any atom is -0.286 e. The van der Waals surface area contributed by atoms with Gasteiger partial charge in [-0.3, -0.25) is 52.6 Å². The molecule has 0 amide bonds. The zero-order chi connectivity index (χ0) is 28.7. The molecule has 12 heteroatoms. The van der Waals surface area contributed by atoms with Gasteiger partial charge in [-0.1, -0.05) is 38.5 Å². The van der Waals surface area contributed by atoms with Gasteiger partial charge in [-0.05, 0) is 92.8 Å². The van der Waals surface area contributed by atoms with Gasteiger partial charge in [0.25, 0.3) is 0 Å². The van der Waals surface area contributed by atoms with Crippen LogP contribution in [0.1, 0.15) is 96.3 Å². The van der Waals surface area contributed by atoms with Crippen molar-refractivity contribution in [2.75, 3.05) is 0 Å². The summed E-state index contributed by atoms with van der Waals surface area (Å²) < 4.78 is 0. The van der Waals surface area contributed by atoms with Crippen molar-refractivity contribution in [1.82, 2.24) is 42.5 Å². The molecule has 0 aromatic carbocycles. The van der Waals surface area contributed by atoms with Crippen LogP contribution in [0.2, 0.25) is 0 Å². The predicted octanol–water partition coefficient (Wildman–Crippen LogP) is 1.86. The van der Waals surface area contributed by atoms with E-state index in [1.54, 1.807) is 0 Å². The standard InChI is InChI=1S/C32H55N9O2.Cu/c42-41(43)23-15-7-14-22-24(23)32-39-30-21-13-6-5-12-20(21)28(37-30)35-26-17-9-2-1-8-16(17)25(33-26)34-27-18-10-3-4-11-19(18)29(36-27)38-31(22)40-32;/h16-40H,1-15H2;/q;+2. The molecule has 5 heterocycles. The van der Waals surface area contributed by atoms with E-state index in [9.17, 15) is 10.1 Å². The van der Waals surface area contributed by atoms with E-state index in [-0.39, 0.29) is 64.7 Å². The van der Waals surface area contributed by atoms with E-state index in [0.29, 0.717) is 60.4 Å². The Kier molecular flexibility index (Phi) is 8.82. The largest absolute Gasteiger partial charge is 2.00 e. The Hall–Kier alpha value is -0.401. The van der Waals surface area contributed by atoms with Crippen molar-refractivity contribution in [3.63, 3.8) is 0 Å². The van der Waals surface area contributed by atoms with Crippen LogP contribution < -0.4 is 42.5 Å². The molecule has 5 saturated heterocycles. The van der Waals surface area contributed by atoms with Crippen LogP contribution in [0.25, 0.3) is 0 Å². The van der Waals surface area contributed by atoms with Crippen molar-refractivity contribution in [2.45, 2.75) is 152 Å². The summed E-state index contributed by atoms with van der Waals surface area (Å²) in [5, 5.41) is 45.2. The molecule has 8 bridgehead atoms. The average Bonchev–Trinajstić information content (AvgIpc) is 3.76. The van der Waals surface area contributed by atoms with Gasteiger partial charge in [0, 0.05) is 11.3 Å². The molecule has 9 fully saturated rings. The van der Waals surface area contributed by atoms with E-state index >= 15 is 0 Å². The molecular weight excluding hydrogens is 606 g/mol. The Bertz CT molecular complexity index is 1060. The van der Waals surface area contributed by atoms with Gasteiger partial charge in [0.05, 0.1) is 55.2 Å². The Morgan fingerprint density at radius 2 is 0.659 bits per heavy atom. The van der Waals surface area contributed by atoms with Gasteiger partial charge < -0.3 is 0 Å². The summed E-state index contributed by atoms with van der Waals surface area (Å²) in [6.07, 6.45) is 20.0. The normalized spacial score (nSPS) is 54.8. The van der Waals surface area contributed by atoms with Crippen LogP contribution in [-0.2, 0) is 17.1 Å². The molecule has 1 radical (unpaired) electrons. The van der Waals surface area contributed by atoms with Crippen LogP contribution in [0.5, 0.6) is 0 Å². The molecule has 8 N–H and O–H groups in total. The van der Waals surface area contributed by atoms with Gasteiger partial charge >= 0.3 is 17.1 Å². The van der Waals surface area contributed by atoms with Gasteiger partial charge in [-0.25, -0.2) is 0 Å². The maximum absolute atomic E-state index is 12.4. The van der Waals surface area contributed by atoms with Gasteiger partial charge in [0.2, 0.25) is 6.04 Å². The number of nitro groups is 1. The third kappa shape index (κ3) is 5.22. The first-order chi connectivity index (χ1) is 21.1. The molecule has 0 aromatic rings. The van der Waals surface area contributed by atoms with Gasteiger partial charge in [-0.15, -0.1) is 0 Å². The molecule has 4 aliphatic carbocycles. The summed E-state index contributed by atoms with van der Waals surface area (Å²) in [4.78, 5) is 12.5. The molecule has 4 saturated carbocycles. The van der Waals surface area contributed by atoms with Crippen molar-refractivity contribution in [1.29, 1.82) is 0 Å². The molecule has 0 spiro atoms. The molecule has 44 heavy (non-hydrogen) atoms. The van der Waals surface area contributed by atoms with Crippen molar-refractivity contribution in [3.05, 3.63) is 10.1 Å². The third-order valence-corrected chi connectivity index (χ3v) is 14.1. The van der Waals surface area contributed by atoms with Crippen molar-refractivity contribution < 1.29 is 22.0 Å². The number of rotatable bonds is 1. The van der Waals surface area contributed by atoms with Crippen LogP contribution in [0.4, 0.5) is 0 Å². The van der Waals surface area contributed by atoms with E-state index in [2.05, 4.69) is 42.5 Å². The second kappa shape index (κ2) is 12.6. The summed E-state index contributed by atoms with van der Waals surface area (Å²) in [7, 11) is 0. The maximum Gasteiger partial charge on any atom is 2.00 e. The third-order valence-electron chi connectivity index (χ3n) is 14.1. The van der Waals surface area contributed by atoms with Gasteiger partial charge in [-0.2, -0.15) is 0 Å². The van der Waals surface area contributed by atoms with E-state index in [4.69, 9.17) is 0 Å². The number of nitrogens with zero attached hydrogens (tertiary/aromatic N) is 1. The minimum atomic E-state index is -0.480. The average molecular weight is 661 g/mol. The molecule has 17 atom stereocenters.